The number of hydrogen-bond acceptors (Lipinski definition) is 4. The third-order valence-corrected chi connectivity index (χ3v) is 5.82. The maximum absolute atomic E-state index is 13.8. The zero-order valence-corrected chi connectivity index (χ0v) is 16.9. The summed E-state index contributed by atoms with van der Waals surface area (Å²) in [4.78, 5) is 27.5. The van der Waals surface area contributed by atoms with Crippen molar-refractivity contribution in [2.24, 2.45) is 0 Å². The minimum absolute atomic E-state index is 0.0686. The normalized spacial score (nSPS) is 16.3. The van der Waals surface area contributed by atoms with Crippen molar-refractivity contribution in [2.45, 2.75) is 31.6 Å². The Morgan fingerprint density at radius 2 is 1.87 bits per heavy atom. The predicted octanol–water partition coefficient (Wildman–Crippen LogP) is 3.51. The summed E-state index contributed by atoms with van der Waals surface area (Å²) in [5.74, 6) is 0.453. The van der Waals surface area contributed by atoms with Crippen LogP contribution in [-0.4, -0.2) is 43.0 Å². The van der Waals surface area contributed by atoms with Crippen LogP contribution in [-0.2, 0) is 15.0 Å². The standard InChI is InChI=1S/C23H25FN2O4/c1-2-26(22(28)23(9-4-10-23)16-5-3-6-17(24)13-16)15-21(27)25-18-7-8-19-20(14-18)30-12-11-29-19/h3,5-8,13-14H,2,4,9-12,15H2,1H3,(H,25,27). The molecule has 0 bridgehead atoms. The van der Waals surface area contributed by atoms with Crippen LogP contribution in [0.25, 0.3) is 0 Å². The first-order chi connectivity index (χ1) is 14.5. The zero-order chi connectivity index (χ0) is 21.1. The van der Waals surface area contributed by atoms with Gasteiger partial charge in [-0.25, -0.2) is 4.39 Å². The first kappa shape index (κ1) is 20.2. The van der Waals surface area contributed by atoms with Gasteiger partial charge < -0.3 is 19.7 Å². The first-order valence-corrected chi connectivity index (χ1v) is 10.3. The van der Waals surface area contributed by atoms with Crippen molar-refractivity contribution in [1.29, 1.82) is 0 Å². The van der Waals surface area contributed by atoms with E-state index in [-0.39, 0.29) is 24.2 Å². The van der Waals surface area contributed by atoms with Crippen molar-refractivity contribution in [2.75, 3.05) is 31.6 Å². The number of nitrogens with one attached hydrogen (secondary N) is 1. The molecule has 1 heterocycles. The molecule has 2 amide bonds. The summed E-state index contributed by atoms with van der Waals surface area (Å²) in [5.41, 5.74) is 0.524. The van der Waals surface area contributed by atoms with Gasteiger partial charge in [-0.1, -0.05) is 18.6 Å². The van der Waals surface area contributed by atoms with Crippen molar-refractivity contribution < 1.29 is 23.5 Å². The summed E-state index contributed by atoms with van der Waals surface area (Å²) in [6.45, 7) is 3.13. The van der Waals surface area contributed by atoms with Crippen molar-refractivity contribution in [3.63, 3.8) is 0 Å². The summed E-state index contributed by atoms with van der Waals surface area (Å²) >= 11 is 0. The summed E-state index contributed by atoms with van der Waals surface area (Å²) in [6, 6.07) is 11.4. The van der Waals surface area contributed by atoms with Gasteiger partial charge >= 0.3 is 0 Å². The molecule has 4 rings (SSSR count). The van der Waals surface area contributed by atoms with E-state index >= 15 is 0 Å². The lowest BCUT2D eigenvalue weighted by molar-refractivity contribution is -0.143. The molecule has 6 nitrogen and oxygen atoms in total. The number of likely N-dealkylation sites (N-methyl/N-ethyl adjacent to an activating group) is 1. The number of ether oxygens (including phenoxy) is 2. The fourth-order valence-corrected chi connectivity index (χ4v) is 4.07. The number of halogens is 1. The van der Waals surface area contributed by atoms with E-state index in [1.807, 2.05) is 6.92 Å². The van der Waals surface area contributed by atoms with E-state index in [1.54, 1.807) is 30.3 Å². The van der Waals surface area contributed by atoms with Crippen molar-refractivity contribution in [1.82, 2.24) is 4.90 Å². The molecule has 1 fully saturated rings. The largest absolute Gasteiger partial charge is 0.486 e. The number of carbonyl (C=O) groups excluding carboxylic acids is 2. The molecule has 0 aromatic heterocycles. The van der Waals surface area contributed by atoms with Gasteiger partial charge in [0.15, 0.2) is 11.5 Å². The van der Waals surface area contributed by atoms with E-state index in [4.69, 9.17) is 9.47 Å². The van der Waals surface area contributed by atoms with Gasteiger partial charge in [0.05, 0.1) is 12.0 Å². The fraction of sp³-hybridized carbons (Fsp3) is 0.391. The molecule has 0 radical (unpaired) electrons. The maximum Gasteiger partial charge on any atom is 0.243 e. The van der Waals surface area contributed by atoms with Crippen LogP contribution in [0.1, 0.15) is 31.7 Å². The molecular weight excluding hydrogens is 387 g/mol. The number of benzene rings is 2. The van der Waals surface area contributed by atoms with Crippen molar-refractivity contribution in [3.8, 4) is 11.5 Å². The van der Waals surface area contributed by atoms with Crippen molar-refractivity contribution >= 4 is 17.5 Å². The summed E-state index contributed by atoms with van der Waals surface area (Å²) < 4.78 is 24.8. The van der Waals surface area contributed by atoms with Crippen molar-refractivity contribution in [3.05, 3.63) is 53.8 Å². The van der Waals surface area contributed by atoms with Gasteiger partial charge in [0.2, 0.25) is 11.8 Å². The average molecular weight is 412 g/mol. The Hall–Kier alpha value is -3.09. The van der Waals surface area contributed by atoms with Gasteiger partial charge in [-0.2, -0.15) is 0 Å². The lowest BCUT2D eigenvalue weighted by Crippen LogP contribution is -2.52. The van der Waals surface area contributed by atoms with Crippen LogP contribution in [0, 0.1) is 5.82 Å². The van der Waals surface area contributed by atoms with Gasteiger partial charge in [0.25, 0.3) is 0 Å². The highest BCUT2D eigenvalue weighted by atomic mass is 19.1. The highest BCUT2D eigenvalue weighted by molar-refractivity contribution is 5.97. The third-order valence-electron chi connectivity index (χ3n) is 5.82. The number of fused-ring (bicyclic) bond motifs is 1. The Bertz CT molecular complexity index is 958. The molecule has 30 heavy (non-hydrogen) atoms. The van der Waals surface area contributed by atoms with E-state index in [0.717, 1.165) is 6.42 Å². The second kappa shape index (κ2) is 8.34. The molecule has 2 aromatic carbocycles. The average Bonchev–Trinajstić information content (AvgIpc) is 2.71. The molecule has 2 aliphatic rings. The van der Waals surface area contributed by atoms with Gasteiger partial charge in [0, 0.05) is 18.3 Å². The highest BCUT2D eigenvalue weighted by Gasteiger charge is 2.47. The zero-order valence-electron chi connectivity index (χ0n) is 16.9. The Labute approximate surface area is 175 Å². The lowest BCUT2D eigenvalue weighted by atomic mass is 9.63. The molecule has 0 saturated heterocycles. The van der Waals surface area contributed by atoms with Crippen LogP contribution in [0.15, 0.2) is 42.5 Å². The van der Waals surface area contributed by atoms with Crippen LogP contribution in [0.3, 0.4) is 0 Å². The number of rotatable bonds is 6. The molecule has 0 unspecified atom stereocenters. The molecule has 7 heteroatoms. The summed E-state index contributed by atoms with van der Waals surface area (Å²) in [7, 11) is 0. The predicted molar refractivity (Wildman–Crippen MR) is 110 cm³/mol. The Balaban J connectivity index is 1.46. The lowest BCUT2D eigenvalue weighted by Gasteiger charge is -2.43. The number of nitrogens with zero attached hydrogens (tertiary/aromatic N) is 1. The maximum atomic E-state index is 13.8. The molecular formula is C23H25FN2O4. The number of carbonyl (C=O) groups is 2. The van der Waals surface area contributed by atoms with E-state index in [0.29, 0.717) is 55.4 Å². The van der Waals surface area contributed by atoms with Gasteiger partial charge in [-0.3, -0.25) is 9.59 Å². The smallest absolute Gasteiger partial charge is 0.243 e. The van der Waals surface area contributed by atoms with Crippen LogP contribution in [0.4, 0.5) is 10.1 Å². The topological polar surface area (TPSA) is 67.9 Å². The molecule has 1 aliphatic carbocycles. The van der Waals surface area contributed by atoms with E-state index < -0.39 is 5.41 Å². The van der Waals surface area contributed by atoms with E-state index in [1.165, 1.54) is 17.0 Å². The Kier molecular flexibility index (Phi) is 5.61. The highest BCUT2D eigenvalue weighted by Crippen LogP contribution is 2.45. The number of amides is 2. The molecule has 1 N–H and O–H groups in total. The molecule has 1 aliphatic heterocycles. The van der Waals surface area contributed by atoms with Crippen LogP contribution >= 0.6 is 0 Å². The molecule has 0 atom stereocenters. The van der Waals surface area contributed by atoms with Gasteiger partial charge in [0.1, 0.15) is 19.0 Å². The molecule has 2 aromatic rings. The summed E-state index contributed by atoms with van der Waals surface area (Å²) in [6.07, 6.45) is 2.23. The molecule has 158 valence electrons. The number of anilines is 1. The molecule has 1 saturated carbocycles. The second-order valence-electron chi connectivity index (χ2n) is 7.67. The fourth-order valence-electron chi connectivity index (χ4n) is 4.07. The van der Waals surface area contributed by atoms with Gasteiger partial charge in [-0.05, 0) is 49.6 Å². The first-order valence-electron chi connectivity index (χ1n) is 10.3. The molecule has 0 spiro atoms. The number of hydrogen-bond donors (Lipinski definition) is 1. The Morgan fingerprint density at radius 3 is 2.53 bits per heavy atom. The van der Waals surface area contributed by atoms with Crippen LogP contribution in [0.5, 0.6) is 11.5 Å². The van der Waals surface area contributed by atoms with Crippen LogP contribution < -0.4 is 14.8 Å². The minimum atomic E-state index is -0.741. The van der Waals surface area contributed by atoms with Gasteiger partial charge in [-0.15, -0.1) is 0 Å². The van der Waals surface area contributed by atoms with Crippen LogP contribution in [0.2, 0.25) is 0 Å². The quantitative estimate of drug-likeness (QED) is 0.789. The Morgan fingerprint density at radius 1 is 1.10 bits per heavy atom. The van der Waals surface area contributed by atoms with E-state index in [2.05, 4.69) is 5.32 Å². The second-order valence-corrected chi connectivity index (χ2v) is 7.67. The SMILES string of the molecule is CCN(CC(=O)Nc1ccc2c(c1)OCCO2)C(=O)C1(c2cccc(F)c2)CCC1. The monoisotopic (exact) mass is 412 g/mol. The van der Waals surface area contributed by atoms with E-state index in [9.17, 15) is 14.0 Å². The minimum Gasteiger partial charge on any atom is -0.486 e. The third kappa shape index (κ3) is 3.84. The summed E-state index contributed by atoms with van der Waals surface area (Å²) in [5, 5.41) is 2.82.